The van der Waals surface area contributed by atoms with Crippen molar-refractivity contribution in [2.75, 3.05) is 0 Å². The molecule has 8 heteroatoms. The van der Waals surface area contributed by atoms with Crippen molar-refractivity contribution in [3.63, 3.8) is 0 Å². The van der Waals surface area contributed by atoms with E-state index in [4.69, 9.17) is 11.5 Å². The van der Waals surface area contributed by atoms with Gasteiger partial charge < -0.3 is 11.5 Å². The molecule has 0 atom stereocenters. The predicted molar refractivity (Wildman–Crippen MR) is 79.7 cm³/mol. The fourth-order valence-electron chi connectivity index (χ4n) is 1.77. The van der Waals surface area contributed by atoms with Crippen molar-refractivity contribution < 1.29 is 0 Å². The molecule has 0 bridgehead atoms. The molecule has 0 spiro atoms. The number of hydrogen-bond acceptors (Lipinski definition) is 5. The maximum Gasteiger partial charge on any atom is 0.211 e. The minimum absolute atomic E-state index is 0.0910. The van der Waals surface area contributed by atoms with E-state index in [1.165, 1.54) is 11.3 Å². The summed E-state index contributed by atoms with van der Waals surface area (Å²) in [6.07, 6.45) is 5.20. The number of hydrogen-bond donors (Lipinski definition) is 2. The number of pyridine rings is 1. The number of rotatable bonds is 3. The molecule has 0 aliphatic rings. The minimum atomic E-state index is -0.0910. The Bertz CT molecular complexity index is 781. The normalized spacial score (nSPS) is 11.2. The number of aromatic nitrogens is 3. The van der Waals surface area contributed by atoms with Gasteiger partial charge in [-0.3, -0.25) is 9.38 Å². The van der Waals surface area contributed by atoms with Crippen LogP contribution in [0.4, 0.5) is 0 Å². The van der Waals surface area contributed by atoms with Crippen LogP contribution in [0.1, 0.15) is 5.69 Å². The van der Waals surface area contributed by atoms with Gasteiger partial charge in [-0.2, -0.15) is 5.10 Å². The summed E-state index contributed by atoms with van der Waals surface area (Å²) in [6, 6.07) is 5.66. The van der Waals surface area contributed by atoms with Gasteiger partial charge in [-0.15, -0.1) is 16.4 Å². The molecular weight excluding hydrogens is 274 g/mol. The number of guanidine groups is 1. The molecule has 0 amide bonds. The van der Waals surface area contributed by atoms with Crippen LogP contribution in [0.2, 0.25) is 0 Å². The van der Waals surface area contributed by atoms with Gasteiger partial charge in [-0.25, -0.2) is 4.98 Å². The summed E-state index contributed by atoms with van der Waals surface area (Å²) in [5.41, 5.74) is 12.8. The van der Waals surface area contributed by atoms with Crippen LogP contribution in [0.3, 0.4) is 0 Å². The molecule has 3 aromatic heterocycles. The quantitative estimate of drug-likeness (QED) is 0.426. The highest BCUT2D eigenvalue weighted by atomic mass is 32.1. The van der Waals surface area contributed by atoms with Crippen LogP contribution in [-0.4, -0.2) is 26.5 Å². The van der Waals surface area contributed by atoms with Crippen molar-refractivity contribution in [1.82, 2.24) is 14.4 Å². The molecule has 0 aliphatic heterocycles. The number of thiazole rings is 1. The van der Waals surface area contributed by atoms with Crippen LogP contribution in [0.25, 0.3) is 16.3 Å². The van der Waals surface area contributed by atoms with Gasteiger partial charge in [-0.05, 0) is 12.1 Å². The first-order chi connectivity index (χ1) is 9.75. The van der Waals surface area contributed by atoms with Crippen molar-refractivity contribution >= 4 is 28.5 Å². The zero-order valence-corrected chi connectivity index (χ0v) is 11.2. The zero-order valence-electron chi connectivity index (χ0n) is 10.3. The van der Waals surface area contributed by atoms with Crippen molar-refractivity contribution in [3.05, 3.63) is 41.7 Å². The summed E-state index contributed by atoms with van der Waals surface area (Å²) < 4.78 is 1.92. The average molecular weight is 285 g/mol. The maximum absolute atomic E-state index is 5.25. The summed E-state index contributed by atoms with van der Waals surface area (Å²) in [5.74, 6) is -0.0910. The van der Waals surface area contributed by atoms with E-state index in [0.29, 0.717) is 0 Å². The second-order valence-corrected chi connectivity index (χ2v) is 4.76. The maximum atomic E-state index is 5.25. The third-order valence-electron chi connectivity index (χ3n) is 2.56. The fourth-order valence-corrected chi connectivity index (χ4v) is 2.49. The van der Waals surface area contributed by atoms with Gasteiger partial charge in [0.2, 0.25) is 5.96 Å². The molecule has 0 aromatic carbocycles. The van der Waals surface area contributed by atoms with Crippen LogP contribution < -0.4 is 11.5 Å². The van der Waals surface area contributed by atoms with Crippen molar-refractivity contribution in [2.45, 2.75) is 0 Å². The first kappa shape index (κ1) is 12.3. The average Bonchev–Trinajstić information content (AvgIpc) is 3.01. The van der Waals surface area contributed by atoms with E-state index >= 15 is 0 Å². The summed E-state index contributed by atoms with van der Waals surface area (Å²) >= 11 is 1.53. The van der Waals surface area contributed by atoms with E-state index in [-0.39, 0.29) is 5.96 Å². The lowest BCUT2D eigenvalue weighted by Crippen LogP contribution is -2.21. The van der Waals surface area contributed by atoms with Gasteiger partial charge in [0, 0.05) is 17.8 Å². The predicted octanol–water partition coefficient (Wildman–Crippen LogP) is 1.07. The van der Waals surface area contributed by atoms with E-state index < -0.39 is 0 Å². The largest absolute Gasteiger partial charge is 0.369 e. The van der Waals surface area contributed by atoms with Crippen molar-refractivity contribution in [2.24, 2.45) is 21.7 Å². The van der Waals surface area contributed by atoms with E-state index in [1.807, 2.05) is 34.2 Å². The third-order valence-corrected chi connectivity index (χ3v) is 3.32. The minimum Gasteiger partial charge on any atom is -0.369 e. The topological polar surface area (TPSA) is 107 Å². The standard InChI is InChI=1S/C12H11N7S/c13-11(14)18-16-7-9-10(8-3-1-2-4-15-8)17-12-19(9)5-6-20-12/h1-7H,(H4,13,14,18)/b16-7+. The molecule has 3 aromatic rings. The molecule has 4 N–H and O–H groups in total. The summed E-state index contributed by atoms with van der Waals surface area (Å²) in [7, 11) is 0. The SMILES string of the molecule is NC(N)=N/N=C/c1c(-c2ccccn2)nc2sccn12. The lowest BCUT2D eigenvalue weighted by Gasteiger charge is -1.97. The summed E-state index contributed by atoms with van der Waals surface area (Å²) in [4.78, 5) is 9.73. The first-order valence-electron chi connectivity index (χ1n) is 5.74. The van der Waals surface area contributed by atoms with Gasteiger partial charge in [-0.1, -0.05) is 6.07 Å². The molecule has 20 heavy (non-hydrogen) atoms. The molecule has 100 valence electrons. The second-order valence-electron chi connectivity index (χ2n) is 3.89. The van der Waals surface area contributed by atoms with Crippen LogP contribution in [0.5, 0.6) is 0 Å². The van der Waals surface area contributed by atoms with Crippen molar-refractivity contribution in [1.29, 1.82) is 0 Å². The highest BCUT2D eigenvalue weighted by Crippen LogP contribution is 2.23. The number of imidazole rings is 1. The van der Waals surface area contributed by atoms with E-state index in [9.17, 15) is 0 Å². The Morgan fingerprint density at radius 2 is 2.25 bits per heavy atom. The number of nitrogens with zero attached hydrogens (tertiary/aromatic N) is 5. The fraction of sp³-hybridized carbons (Fsp3) is 0. The summed E-state index contributed by atoms with van der Waals surface area (Å²) in [5, 5.41) is 9.41. The molecular formula is C12H11N7S. The second kappa shape index (κ2) is 5.10. The summed E-state index contributed by atoms with van der Waals surface area (Å²) in [6.45, 7) is 0. The van der Waals surface area contributed by atoms with Gasteiger partial charge in [0.05, 0.1) is 17.6 Å². The van der Waals surface area contributed by atoms with Gasteiger partial charge in [0.1, 0.15) is 5.69 Å². The third kappa shape index (κ3) is 2.24. The molecule has 0 aliphatic carbocycles. The van der Waals surface area contributed by atoms with Crippen LogP contribution in [0.15, 0.2) is 46.2 Å². The van der Waals surface area contributed by atoms with Crippen LogP contribution in [-0.2, 0) is 0 Å². The van der Waals surface area contributed by atoms with Gasteiger partial charge in [0.15, 0.2) is 4.96 Å². The molecule has 0 radical (unpaired) electrons. The molecule has 0 fully saturated rings. The lowest BCUT2D eigenvalue weighted by molar-refractivity contribution is 1.18. The van der Waals surface area contributed by atoms with E-state index in [0.717, 1.165) is 22.0 Å². The van der Waals surface area contributed by atoms with Gasteiger partial charge in [0.25, 0.3) is 0 Å². The van der Waals surface area contributed by atoms with Gasteiger partial charge >= 0.3 is 0 Å². The Morgan fingerprint density at radius 1 is 1.35 bits per heavy atom. The Balaban J connectivity index is 2.14. The molecule has 0 saturated carbocycles. The Labute approximate surface area is 118 Å². The van der Waals surface area contributed by atoms with E-state index in [2.05, 4.69) is 20.2 Å². The monoisotopic (exact) mass is 285 g/mol. The van der Waals surface area contributed by atoms with E-state index in [1.54, 1.807) is 12.4 Å². The zero-order chi connectivity index (χ0) is 13.9. The number of fused-ring (bicyclic) bond motifs is 1. The molecule has 0 unspecified atom stereocenters. The lowest BCUT2D eigenvalue weighted by atomic mass is 10.2. The highest BCUT2D eigenvalue weighted by molar-refractivity contribution is 7.15. The van der Waals surface area contributed by atoms with Crippen LogP contribution in [0, 0.1) is 0 Å². The van der Waals surface area contributed by atoms with Crippen molar-refractivity contribution in [3.8, 4) is 11.4 Å². The molecule has 3 heterocycles. The number of nitrogens with two attached hydrogens (primary N) is 2. The Morgan fingerprint density at radius 3 is 3.00 bits per heavy atom. The molecule has 7 nitrogen and oxygen atoms in total. The molecule has 3 rings (SSSR count). The first-order valence-corrected chi connectivity index (χ1v) is 6.62. The highest BCUT2D eigenvalue weighted by Gasteiger charge is 2.13. The smallest absolute Gasteiger partial charge is 0.211 e. The Kier molecular flexibility index (Phi) is 3.13. The molecule has 0 saturated heterocycles. The Hall–Kier alpha value is -2.74. The van der Waals surface area contributed by atoms with Crippen LogP contribution >= 0.6 is 11.3 Å².